The number of aryl methyl sites for hydroxylation is 1. The van der Waals surface area contributed by atoms with Crippen molar-refractivity contribution >= 4 is 28.2 Å². The van der Waals surface area contributed by atoms with Gasteiger partial charge in [0.25, 0.3) is 5.91 Å². The van der Waals surface area contributed by atoms with Crippen molar-refractivity contribution in [3.63, 3.8) is 0 Å². The predicted octanol–water partition coefficient (Wildman–Crippen LogP) is 4.22. The summed E-state index contributed by atoms with van der Waals surface area (Å²) in [6.45, 7) is 4.16. The Balaban J connectivity index is 1.95. The number of carbonyl (C=O) groups excluding carboxylic acids is 2. The van der Waals surface area contributed by atoms with Crippen molar-refractivity contribution in [1.29, 1.82) is 0 Å². The van der Waals surface area contributed by atoms with E-state index in [0.29, 0.717) is 22.0 Å². The van der Waals surface area contributed by atoms with Gasteiger partial charge < -0.3 is 10.1 Å². The molecule has 1 amide bonds. The Labute approximate surface area is 145 Å². The molecule has 1 N–H and O–H groups in total. The van der Waals surface area contributed by atoms with Crippen LogP contribution in [0.3, 0.4) is 0 Å². The number of anilines is 1. The molecule has 3 rings (SSSR count). The van der Waals surface area contributed by atoms with Crippen molar-refractivity contribution in [2.45, 2.75) is 33.1 Å². The first-order chi connectivity index (χ1) is 11.5. The van der Waals surface area contributed by atoms with Crippen LogP contribution in [0.1, 0.15) is 50.1 Å². The van der Waals surface area contributed by atoms with E-state index in [4.69, 9.17) is 4.74 Å². The van der Waals surface area contributed by atoms with Crippen molar-refractivity contribution in [3.05, 3.63) is 51.4 Å². The van der Waals surface area contributed by atoms with Gasteiger partial charge in [0, 0.05) is 10.4 Å². The van der Waals surface area contributed by atoms with Crippen molar-refractivity contribution in [2.75, 3.05) is 12.4 Å². The maximum atomic E-state index is 12.6. The van der Waals surface area contributed by atoms with Gasteiger partial charge in [-0.25, -0.2) is 4.79 Å². The first kappa shape index (κ1) is 16.7. The lowest BCUT2D eigenvalue weighted by Crippen LogP contribution is -2.16. The van der Waals surface area contributed by atoms with Gasteiger partial charge in [-0.1, -0.05) is 24.6 Å². The van der Waals surface area contributed by atoms with Crippen LogP contribution in [0, 0.1) is 12.8 Å². The number of hydrogen-bond donors (Lipinski definition) is 1. The van der Waals surface area contributed by atoms with Crippen LogP contribution >= 0.6 is 11.3 Å². The van der Waals surface area contributed by atoms with Crippen molar-refractivity contribution < 1.29 is 14.3 Å². The molecule has 0 unspecified atom stereocenters. The number of fused-ring (bicyclic) bond motifs is 1. The standard InChI is InChI=1S/C19H21NO3S/c1-11-5-4-6-13(9-11)17(21)20-18-16(19(22)23-3)14-8-7-12(2)10-15(14)24-18/h4-6,9,12H,7-8,10H2,1-3H3,(H,20,21)/t12-/m1/s1. The van der Waals surface area contributed by atoms with Crippen molar-refractivity contribution in [3.8, 4) is 0 Å². The molecule has 24 heavy (non-hydrogen) atoms. The van der Waals surface area contributed by atoms with Gasteiger partial charge in [0.2, 0.25) is 0 Å². The van der Waals surface area contributed by atoms with Crippen molar-refractivity contribution in [1.82, 2.24) is 0 Å². The average Bonchev–Trinajstić information content (AvgIpc) is 2.90. The Morgan fingerprint density at radius 2 is 2.12 bits per heavy atom. The summed E-state index contributed by atoms with van der Waals surface area (Å²) in [6, 6.07) is 7.41. The number of methoxy groups -OCH3 is 1. The first-order valence-corrected chi connectivity index (χ1v) is 8.92. The highest BCUT2D eigenvalue weighted by Crippen LogP contribution is 2.40. The molecule has 1 aliphatic rings. The number of thiophene rings is 1. The van der Waals surface area contributed by atoms with Gasteiger partial charge in [-0.05, 0) is 49.8 Å². The van der Waals surface area contributed by atoms with E-state index in [0.717, 1.165) is 30.4 Å². The molecule has 1 atom stereocenters. The first-order valence-electron chi connectivity index (χ1n) is 8.10. The van der Waals surface area contributed by atoms with E-state index >= 15 is 0 Å². The zero-order valence-corrected chi connectivity index (χ0v) is 15.0. The van der Waals surface area contributed by atoms with E-state index in [9.17, 15) is 9.59 Å². The number of nitrogens with one attached hydrogen (secondary N) is 1. The van der Waals surface area contributed by atoms with Gasteiger partial charge in [-0.2, -0.15) is 0 Å². The molecule has 5 heteroatoms. The highest BCUT2D eigenvalue weighted by molar-refractivity contribution is 7.17. The second-order valence-corrected chi connectivity index (χ2v) is 7.48. The summed E-state index contributed by atoms with van der Waals surface area (Å²) < 4.78 is 4.95. The van der Waals surface area contributed by atoms with Crippen LogP contribution in [0.25, 0.3) is 0 Å². The lowest BCUT2D eigenvalue weighted by Gasteiger charge is -2.18. The fraction of sp³-hybridized carbons (Fsp3) is 0.368. The SMILES string of the molecule is COC(=O)c1c(NC(=O)c2cccc(C)c2)sc2c1CC[C@@H](C)C2. The van der Waals surface area contributed by atoms with Gasteiger partial charge in [-0.15, -0.1) is 11.3 Å². The molecule has 0 radical (unpaired) electrons. The summed E-state index contributed by atoms with van der Waals surface area (Å²) >= 11 is 1.50. The molecule has 4 nitrogen and oxygen atoms in total. The minimum Gasteiger partial charge on any atom is -0.465 e. The molecule has 0 bridgehead atoms. The Bertz CT molecular complexity index is 794. The molecule has 1 aliphatic carbocycles. The Kier molecular flexibility index (Phi) is 4.71. The summed E-state index contributed by atoms with van der Waals surface area (Å²) in [5, 5.41) is 3.52. The normalized spacial score (nSPS) is 16.4. The van der Waals surface area contributed by atoms with E-state index in [1.165, 1.54) is 23.3 Å². The van der Waals surface area contributed by atoms with Gasteiger partial charge in [0.15, 0.2) is 0 Å². The quantitative estimate of drug-likeness (QED) is 0.849. The number of hydrogen-bond acceptors (Lipinski definition) is 4. The summed E-state index contributed by atoms with van der Waals surface area (Å²) in [4.78, 5) is 26.0. The highest BCUT2D eigenvalue weighted by atomic mass is 32.1. The molecule has 0 saturated carbocycles. The van der Waals surface area contributed by atoms with E-state index in [-0.39, 0.29) is 11.9 Å². The van der Waals surface area contributed by atoms with Crippen molar-refractivity contribution in [2.24, 2.45) is 5.92 Å². The predicted molar refractivity (Wildman–Crippen MR) is 96.0 cm³/mol. The molecule has 0 spiro atoms. The van der Waals surface area contributed by atoms with Crippen LogP contribution in [0.15, 0.2) is 24.3 Å². The molecule has 0 aliphatic heterocycles. The van der Waals surface area contributed by atoms with Gasteiger partial charge in [0.1, 0.15) is 5.00 Å². The summed E-state index contributed by atoms with van der Waals surface area (Å²) in [5.41, 5.74) is 3.19. The number of ether oxygens (including phenoxy) is 1. The van der Waals surface area contributed by atoms with E-state index in [2.05, 4.69) is 12.2 Å². The minimum absolute atomic E-state index is 0.199. The largest absolute Gasteiger partial charge is 0.465 e. The molecular weight excluding hydrogens is 322 g/mol. The fourth-order valence-electron chi connectivity index (χ4n) is 3.12. The molecular formula is C19H21NO3S. The molecule has 0 saturated heterocycles. The number of carbonyl (C=O) groups is 2. The zero-order chi connectivity index (χ0) is 17.3. The van der Waals surface area contributed by atoms with Crippen LogP contribution < -0.4 is 5.32 Å². The van der Waals surface area contributed by atoms with Crippen LogP contribution in [0.4, 0.5) is 5.00 Å². The molecule has 1 aromatic carbocycles. The van der Waals surface area contributed by atoms with Gasteiger partial charge in [0.05, 0.1) is 12.7 Å². The maximum absolute atomic E-state index is 12.6. The van der Waals surface area contributed by atoms with E-state index in [1.54, 1.807) is 6.07 Å². The molecule has 0 fully saturated rings. The van der Waals surface area contributed by atoms with Crippen LogP contribution in [-0.2, 0) is 17.6 Å². The monoisotopic (exact) mass is 343 g/mol. The third-order valence-electron chi connectivity index (χ3n) is 4.41. The summed E-state index contributed by atoms with van der Waals surface area (Å²) in [5.74, 6) is 0.0269. The molecule has 1 aromatic heterocycles. The Hall–Kier alpha value is -2.14. The van der Waals surface area contributed by atoms with Crippen LogP contribution in [-0.4, -0.2) is 19.0 Å². The Morgan fingerprint density at radius 1 is 1.33 bits per heavy atom. The summed E-state index contributed by atoms with van der Waals surface area (Å²) in [7, 11) is 1.38. The second-order valence-electron chi connectivity index (χ2n) is 6.37. The van der Waals surface area contributed by atoms with Crippen LogP contribution in [0.5, 0.6) is 0 Å². The lowest BCUT2D eigenvalue weighted by atomic mass is 9.88. The average molecular weight is 343 g/mol. The minimum atomic E-state index is -0.374. The second kappa shape index (κ2) is 6.77. The fourth-order valence-corrected chi connectivity index (χ4v) is 4.51. The highest BCUT2D eigenvalue weighted by Gasteiger charge is 2.29. The maximum Gasteiger partial charge on any atom is 0.341 e. The third-order valence-corrected chi connectivity index (χ3v) is 5.58. The number of amides is 1. The van der Waals surface area contributed by atoms with Gasteiger partial charge in [-0.3, -0.25) is 4.79 Å². The topological polar surface area (TPSA) is 55.4 Å². The van der Waals surface area contributed by atoms with Gasteiger partial charge >= 0.3 is 5.97 Å². The third kappa shape index (κ3) is 3.22. The van der Waals surface area contributed by atoms with Crippen LogP contribution in [0.2, 0.25) is 0 Å². The zero-order valence-electron chi connectivity index (χ0n) is 14.1. The number of benzene rings is 1. The van der Waals surface area contributed by atoms with E-state index in [1.807, 2.05) is 25.1 Å². The summed E-state index contributed by atoms with van der Waals surface area (Å²) in [6.07, 6.45) is 2.86. The van der Waals surface area contributed by atoms with E-state index < -0.39 is 0 Å². The smallest absolute Gasteiger partial charge is 0.341 e. The Morgan fingerprint density at radius 3 is 2.83 bits per heavy atom. The molecule has 1 heterocycles. The molecule has 2 aromatic rings. The number of rotatable bonds is 3. The number of esters is 1. The molecule has 126 valence electrons. The lowest BCUT2D eigenvalue weighted by molar-refractivity contribution is 0.0601.